The first-order valence-electron chi connectivity index (χ1n) is 6.65. The van der Waals surface area contributed by atoms with Gasteiger partial charge in [-0.3, -0.25) is 4.79 Å². The lowest BCUT2D eigenvalue weighted by molar-refractivity contribution is 0.0972. The fourth-order valence-electron chi connectivity index (χ4n) is 2.56. The van der Waals surface area contributed by atoms with E-state index in [0.29, 0.717) is 18.4 Å². The molecule has 0 fully saturated rings. The minimum atomic E-state index is -3.76. The number of benzene rings is 2. The summed E-state index contributed by atoms with van der Waals surface area (Å²) in [5, 5.41) is 0. The van der Waals surface area contributed by atoms with Gasteiger partial charge in [-0.25, -0.2) is 12.8 Å². The SMILES string of the molecule is O=C1CCCc2cc(S(=O)(=O)c3cccc(F)c3)ccc21. The molecule has 108 valence electrons. The third kappa shape index (κ3) is 2.49. The van der Waals surface area contributed by atoms with E-state index < -0.39 is 15.7 Å². The van der Waals surface area contributed by atoms with Gasteiger partial charge < -0.3 is 0 Å². The molecule has 0 aromatic heterocycles. The number of aryl methyl sites for hydroxylation is 1. The predicted octanol–water partition coefficient (Wildman–Crippen LogP) is 3.18. The Hall–Kier alpha value is -2.01. The zero-order valence-corrected chi connectivity index (χ0v) is 12.0. The van der Waals surface area contributed by atoms with E-state index in [4.69, 9.17) is 0 Å². The molecular formula is C16H13FO3S. The molecule has 0 bridgehead atoms. The van der Waals surface area contributed by atoms with Gasteiger partial charge in [-0.1, -0.05) is 6.07 Å². The maximum atomic E-state index is 13.2. The average Bonchev–Trinajstić information content (AvgIpc) is 2.47. The van der Waals surface area contributed by atoms with Crippen molar-refractivity contribution in [1.29, 1.82) is 0 Å². The van der Waals surface area contributed by atoms with Crippen LogP contribution >= 0.6 is 0 Å². The first kappa shape index (κ1) is 13.9. The van der Waals surface area contributed by atoms with Crippen LogP contribution in [0.25, 0.3) is 0 Å². The summed E-state index contributed by atoms with van der Waals surface area (Å²) in [4.78, 5) is 11.8. The van der Waals surface area contributed by atoms with E-state index in [1.54, 1.807) is 6.07 Å². The van der Waals surface area contributed by atoms with Gasteiger partial charge in [0.15, 0.2) is 5.78 Å². The van der Waals surface area contributed by atoms with Crippen molar-refractivity contribution in [2.24, 2.45) is 0 Å². The smallest absolute Gasteiger partial charge is 0.206 e. The summed E-state index contributed by atoms with van der Waals surface area (Å²) in [6.07, 6.45) is 1.92. The van der Waals surface area contributed by atoms with Crippen LogP contribution in [0.5, 0.6) is 0 Å². The van der Waals surface area contributed by atoms with Crippen LogP contribution < -0.4 is 0 Å². The molecule has 2 aromatic rings. The molecule has 0 N–H and O–H groups in total. The fourth-order valence-corrected chi connectivity index (χ4v) is 3.90. The number of hydrogen-bond donors (Lipinski definition) is 0. The first-order valence-corrected chi connectivity index (χ1v) is 8.13. The fraction of sp³-hybridized carbons (Fsp3) is 0.188. The van der Waals surface area contributed by atoms with E-state index in [1.165, 1.54) is 30.3 Å². The van der Waals surface area contributed by atoms with E-state index in [1.807, 2.05) is 0 Å². The van der Waals surface area contributed by atoms with Crippen molar-refractivity contribution in [2.75, 3.05) is 0 Å². The van der Waals surface area contributed by atoms with E-state index in [-0.39, 0.29) is 15.6 Å². The van der Waals surface area contributed by atoms with Crippen LogP contribution in [0.3, 0.4) is 0 Å². The Labute approximate surface area is 122 Å². The lowest BCUT2D eigenvalue weighted by Crippen LogP contribution is -2.12. The van der Waals surface area contributed by atoms with E-state index >= 15 is 0 Å². The van der Waals surface area contributed by atoms with Gasteiger partial charge in [-0.2, -0.15) is 0 Å². The van der Waals surface area contributed by atoms with Crippen molar-refractivity contribution in [3.05, 3.63) is 59.4 Å². The van der Waals surface area contributed by atoms with Crippen LogP contribution in [0.1, 0.15) is 28.8 Å². The van der Waals surface area contributed by atoms with E-state index in [0.717, 1.165) is 18.1 Å². The Morgan fingerprint density at radius 3 is 2.48 bits per heavy atom. The number of sulfone groups is 1. The molecule has 0 saturated carbocycles. The largest absolute Gasteiger partial charge is 0.294 e. The molecule has 0 spiro atoms. The third-order valence-corrected chi connectivity index (χ3v) is 5.39. The number of halogens is 1. The van der Waals surface area contributed by atoms with Crippen molar-refractivity contribution in [2.45, 2.75) is 29.1 Å². The number of ketones is 1. The summed E-state index contributed by atoms with van der Waals surface area (Å²) in [5.74, 6) is -0.546. The number of fused-ring (bicyclic) bond motifs is 1. The molecular weight excluding hydrogens is 291 g/mol. The number of hydrogen-bond acceptors (Lipinski definition) is 3. The summed E-state index contributed by atoms with van der Waals surface area (Å²) in [5.41, 5.74) is 1.35. The van der Waals surface area contributed by atoms with Crippen molar-refractivity contribution in [1.82, 2.24) is 0 Å². The Kier molecular flexibility index (Phi) is 3.37. The van der Waals surface area contributed by atoms with Crippen molar-refractivity contribution < 1.29 is 17.6 Å². The predicted molar refractivity (Wildman–Crippen MR) is 75.6 cm³/mol. The van der Waals surface area contributed by atoms with Gasteiger partial charge in [0, 0.05) is 12.0 Å². The standard InChI is InChI=1S/C16H13FO3S/c17-12-4-2-5-13(10-12)21(19,20)14-7-8-15-11(9-14)3-1-6-16(15)18/h2,4-5,7-10H,1,3,6H2. The molecule has 1 aliphatic rings. The van der Waals surface area contributed by atoms with Crippen LogP contribution in [0.2, 0.25) is 0 Å². The summed E-state index contributed by atoms with van der Waals surface area (Å²) in [6, 6.07) is 9.44. The molecule has 0 aliphatic heterocycles. The summed E-state index contributed by atoms with van der Waals surface area (Å²) < 4.78 is 38.2. The van der Waals surface area contributed by atoms with Crippen LogP contribution in [-0.2, 0) is 16.3 Å². The van der Waals surface area contributed by atoms with E-state index in [9.17, 15) is 17.6 Å². The molecule has 0 saturated heterocycles. The number of rotatable bonds is 2. The highest BCUT2D eigenvalue weighted by Crippen LogP contribution is 2.27. The molecule has 3 nitrogen and oxygen atoms in total. The molecule has 0 unspecified atom stereocenters. The Balaban J connectivity index is 2.10. The van der Waals surface area contributed by atoms with Gasteiger partial charge >= 0.3 is 0 Å². The van der Waals surface area contributed by atoms with Gasteiger partial charge in [0.05, 0.1) is 9.79 Å². The number of carbonyl (C=O) groups excluding carboxylic acids is 1. The Morgan fingerprint density at radius 1 is 0.952 bits per heavy atom. The molecule has 0 heterocycles. The van der Waals surface area contributed by atoms with Crippen molar-refractivity contribution >= 4 is 15.6 Å². The molecule has 0 radical (unpaired) electrons. The Morgan fingerprint density at radius 2 is 1.71 bits per heavy atom. The van der Waals surface area contributed by atoms with Crippen molar-refractivity contribution in [3.8, 4) is 0 Å². The minimum absolute atomic E-state index is 0.0472. The molecule has 1 aliphatic carbocycles. The number of carbonyl (C=O) groups is 1. The average molecular weight is 304 g/mol. The second kappa shape index (κ2) is 5.07. The first-order chi connectivity index (χ1) is 9.98. The highest BCUT2D eigenvalue weighted by molar-refractivity contribution is 7.91. The second-order valence-electron chi connectivity index (χ2n) is 5.06. The third-order valence-electron chi connectivity index (χ3n) is 3.64. The normalized spacial score (nSPS) is 14.8. The van der Waals surface area contributed by atoms with Crippen LogP contribution in [-0.4, -0.2) is 14.2 Å². The summed E-state index contributed by atoms with van der Waals surface area (Å²) in [7, 11) is -3.76. The molecule has 2 aromatic carbocycles. The topological polar surface area (TPSA) is 51.2 Å². The minimum Gasteiger partial charge on any atom is -0.294 e. The van der Waals surface area contributed by atoms with Gasteiger partial charge in [-0.15, -0.1) is 0 Å². The second-order valence-corrected chi connectivity index (χ2v) is 7.01. The molecule has 0 amide bonds. The van der Waals surface area contributed by atoms with E-state index in [2.05, 4.69) is 0 Å². The monoisotopic (exact) mass is 304 g/mol. The van der Waals surface area contributed by atoms with Crippen LogP contribution in [0.15, 0.2) is 52.3 Å². The summed E-state index contributed by atoms with van der Waals surface area (Å²) in [6.45, 7) is 0. The molecule has 5 heteroatoms. The maximum absolute atomic E-state index is 13.2. The lowest BCUT2D eigenvalue weighted by Gasteiger charge is -2.15. The Bertz CT molecular complexity index is 825. The van der Waals surface area contributed by atoms with Gasteiger partial charge in [-0.05, 0) is 54.8 Å². The molecule has 21 heavy (non-hydrogen) atoms. The van der Waals surface area contributed by atoms with Gasteiger partial charge in [0.2, 0.25) is 9.84 Å². The highest BCUT2D eigenvalue weighted by atomic mass is 32.2. The highest BCUT2D eigenvalue weighted by Gasteiger charge is 2.23. The van der Waals surface area contributed by atoms with Crippen LogP contribution in [0, 0.1) is 5.82 Å². The van der Waals surface area contributed by atoms with Crippen molar-refractivity contribution in [3.63, 3.8) is 0 Å². The maximum Gasteiger partial charge on any atom is 0.206 e. The molecule has 3 rings (SSSR count). The van der Waals surface area contributed by atoms with Gasteiger partial charge in [0.25, 0.3) is 0 Å². The quantitative estimate of drug-likeness (QED) is 0.856. The van der Waals surface area contributed by atoms with Gasteiger partial charge in [0.1, 0.15) is 5.82 Å². The molecule has 0 atom stereocenters. The van der Waals surface area contributed by atoms with Crippen LogP contribution in [0.4, 0.5) is 4.39 Å². The lowest BCUT2D eigenvalue weighted by atomic mass is 9.91. The summed E-state index contributed by atoms with van der Waals surface area (Å²) >= 11 is 0. The zero-order chi connectivity index (χ0) is 15.0. The zero-order valence-electron chi connectivity index (χ0n) is 11.2. The number of Topliss-reactive ketones (excluding diaryl/α,β-unsaturated/α-hetero) is 1.